The van der Waals surface area contributed by atoms with Crippen molar-refractivity contribution in [1.29, 1.82) is 0 Å². The Bertz CT molecular complexity index is 867. The predicted molar refractivity (Wildman–Crippen MR) is 73.4 cm³/mol. The quantitative estimate of drug-likeness (QED) is 0.779. The van der Waals surface area contributed by atoms with Crippen molar-refractivity contribution in [3.05, 3.63) is 58.3 Å². The van der Waals surface area contributed by atoms with Crippen molar-refractivity contribution in [2.75, 3.05) is 5.32 Å². The summed E-state index contributed by atoms with van der Waals surface area (Å²) in [7, 11) is 0. The van der Waals surface area contributed by atoms with Gasteiger partial charge in [0.15, 0.2) is 5.58 Å². The number of benzene rings is 1. The predicted octanol–water partition coefficient (Wildman–Crippen LogP) is 3.15. The van der Waals surface area contributed by atoms with Crippen LogP contribution in [-0.4, -0.2) is 9.97 Å². The normalized spacial score (nSPS) is 11.8. The summed E-state index contributed by atoms with van der Waals surface area (Å²) in [5.74, 6) is -0.587. The lowest BCUT2D eigenvalue weighted by atomic mass is 10.2. The lowest BCUT2D eigenvalue weighted by Crippen LogP contribution is -2.13. The van der Waals surface area contributed by atoms with Gasteiger partial charge in [0, 0.05) is 11.9 Å². The molecule has 0 amide bonds. The maximum atomic E-state index is 12.9. The Morgan fingerprint density at radius 3 is 2.86 bits per heavy atom. The van der Waals surface area contributed by atoms with Gasteiger partial charge in [-0.15, -0.1) is 0 Å². The average Bonchev–Trinajstić information content (AvgIpc) is 2.83. The number of oxazole rings is 1. The zero-order chi connectivity index (χ0) is 15.7. The van der Waals surface area contributed by atoms with Crippen LogP contribution < -0.4 is 11.1 Å². The summed E-state index contributed by atoms with van der Waals surface area (Å²) in [6.45, 7) is -0.0940. The van der Waals surface area contributed by atoms with Crippen LogP contribution in [-0.2, 0) is 12.7 Å². The Hall–Kier alpha value is -2.77. The summed E-state index contributed by atoms with van der Waals surface area (Å²) in [5, 5.41) is 2.85. The number of hydrogen-bond donors (Lipinski definition) is 2. The van der Waals surface area contributed by atoms with Crippen molar-refractivity contribution < 1.29 is 17.6 Å². The van der Waals surface area contributed by atoms with Crippen molar-refractivity contribution in [2.45, 2.75) is 12.7 Å². The fourth-order valence-corrected chi connectivity index (χ4v) is 2.08. The number of rotatable bonds is 3. The summed E-state index contributed by atoms with van der Waals surface area (Å²) >= 11 is 0. The lowest BCUT2D eigenvalue weighted by molar-refractivity contribution is -0.138. The van der Waals surface area contributed by atoms with Crippen LogP contribution in [0.2, 0.25) is 0 Å². The number of nitrogens with zero attached hydrogens (tertiary/aromatic N) is 1. The summed E-state index contributed by atoms with van der Waals surface area (Å²) in [6, 6.07) is 6.97. The monoisotopic (exact) mass is 309 g/mol. The maximum Gasteiger partial charge on any atom is 0.418 e. The van der Waals surface area contributed by atoms with E-state index in [1.54, 1.807) is 18.2 Å². The van der Waals surface area contributed by atoms with Crippen molar-refractivity contribution in [3.8, 4) is 0 Å². The van der Waals surface area contributed by atoms with Gasteiger partial charge in [-0.05, 0) is 30.3 Å². The number of nitrogens with one attached hydrogen (secondary N) is 2. The van der Waals surface area contributed by atoms with Gasteiger partial charge < -0.3 is 9.73 Å². The number of fused-ring (bicyclic) bond motifs is 1. The summed E-state index contributed by atoms with van der Waals surface area (Å²) in [4.78, 5) is 17.3. The molecule has 3 rings (SSSR count). The van der Waals surface area contributed by atoms with E-state index in [2.05, 4.69) is 15.3 Å². The Morgan fingerprint density at radius 2 is 2.09 bits per heavy atom. The first-order valence-electron chi connectivity index (χ1n) is 6.31. The Kier molecular flexibility index (Phi) is 3.36. The second kappa shape index (κ2) is 5.21. The maximum absolute atomic E-state index is 12.9. The molecular weight excluding hydrogens is 299 g/mol. The van der Waals surface area contributed by atoms with Gasteiger partial charge in [-0.2, -0.15) is 13.2 Å². The van der Waals surface area contributed by atoms with Crippen LogP contribution in [0.25, 0.3) is 11.1 Å². The van der Waals surface area contributed by atoms with Gasteiger partial charge in [0.1, 0.15) is 0 Å². The fourth-order valence-electron chi connectivity index (χ4n) is 2.08. The lowest BCUT2D eigenvalue weighted by Gasteiger charge is -2.12. The highest BCUT2D eigenvalue weighted by Crippen LogP contribution is 2.31. The van der Waals surface area contributed by atoms with E-state index in [4.69, 9.17) is 4.42 Å². The number of aromatic nitrogens is 2. The highest BCUT2D eigenvalue weighted by Gasteiger charge is 2.33. The molecular formula is C14H10F3N3O2. The van der Waals surface area contributed by atoms with E-state index in [0.717, 1.165) is 6.07 Å². The molecule has 22 heavy (non-hydrogen) atoms. The fraction of sp³-hybridized carbons (Fsp3) is 0.143. The van der Waals surface area contributed by atoms with Crippen molar-refractivity contribution in [1.82, 2.24) is 9.97 Å². The van der Waals surface area contributed by atoms with E-state index in [9.17, 15) is 18.0 Å². The third-order valence-corrected chi connectivity index (χ3v) is 3.07. The minimum Gasteiger partial charge on any atom is -0.408 e. The van der Waals surface area contributed by atoms with E-state index in [1.165, 1.54) is 12.3 Å². The number of H-pyrrole nitrogens is 1. The van der Waals surface area contributed by atoms with Gasteiger partial charge >= 0.3 is 11.9 Å². The standard InChI is InChI=1S/C14H10F3N3O2/c15-14(16,17)9-2-1-5-18-11(9)7-19-8-3-4-12-10(6-8)20-13(21)22-12/h1-6,19H,7H2,(H,20,21). The van der Waals surface area contributed by atoms with Crippen LogP contribution in [0.5, 0.6) is 0 Å². The molecule has 0 radical (unpaired) electrons. The minimum absolute atomic E-state index is 0.0940. The van der Waals surface area contributed by atoms with E-state index < -0.39 is 17.5 Å². The smallest absolute Gasteiger partial charge is 0.408 e. The van der Waals surface area contributed by atoms with Crippen LogP contribution in [0, 0.1) is 0 Å². The number of aromatic amines is 1. The molecule has 1 aromatic carbocycles. The molecule has 2 aromatic heterocycles. The Morgan fingerprint density at radius 1 is 1.27 bits per heavy atom. The molecule has 114 valence electrons. The third kappa shape index (κ3) is 2.80. The molecule has 0 aliphatic rings. The molecule has 0 aliphatic carbocycles. The molecule has 0 saturated carbocycles. The SMILES string of the molecule is O=c1[nH]c2cc(NCc3ncccc3C(F)(F)F)ccc2o1. The molecule has 0 spiro atoms. The number of alkyl halides is 3. The first-order valence-corrected chi connectivity index (χ1v) is 6.31. The largest absolute Gasteiger partial charge is 0.418 e. The highest BCUT2D eigenvalue weighted by molar-refractivity contribution is 5.76. The van der Waals surface area contributed by atoms with E-state index in [1.807, 2.05) is 0 Å². The summed E-state index contributed by atoms with van der Waals surface area (Å²) < 4.78 is 43.4. The average molecular weight is 309 g/mol. The van der Waals surface area contributed by atoms with Crippen LogP contribution in [0.4, 0.5) is 18.9 Å². The molecule has 0 atom stereocenters. The first kappa shape index (κ1) is 14.2. The topological polar surface area (TPSA) is 70.9 Å². The van der Waals surface area contributed by atoms with E-state index in [-0.39, 0.29) is 12.2 Å². The minimum atomic E-state index is -4.45. The number of halogens is 3. The van der Waals surface area contributed by atoms with E-state index >= 15 is 0 Å². The van der Waals surface area contributed by atoms with Crippen molar-refractivity contribution >= 4 is 16.8 Å². The number of pyridine rings is 1. The highest BCUT2D eigenvalue weighted by atomic mass is 19.4. The second-order valence-corrected chi connectivity index (χ2v) is 4.57. The molecule has 2 N–H and O–H groups in total. The van der Waals surface area contributed by atoms with Gasteiger partial charge in [0.2, 0.25) is 0 Å². The zero-order valence-corrected chi connectivity index (χ0v) is 11.1. The molecule has 2 heterocycles. The van der Waals surface area contributed by atoms with Crippen LogP contribution in [0.15, 0.2) is 45.7 Å². The van der Waals surface area contributed by atoms with E-state index in [0.29, 0.717) is 16.8 Å². The van der Waals surface area contributed by atoms with Crippen molar-refractivity contribution in [3.63, 3.8) is 0 Å². The molecule has 0 bridgehead atoms. The van der Waals surface area contributed by atoms with Gasteiger partial charge in [0.25, 0.3) is 0 Å². The molecule has 0 fully saturated rings. The van der Waals surface area contributed by atoms with Crippen LogP contribution >= 0.6 is 0 Å². The first-order chi connectivity index (χ1) is 10.4. The Labute approximate surface area is 121 Å². The number of hydrogen-bond acceptors (Lipinski definition) is 4. The summed E-state index contributed by atoms with van der Waals surface area (Å²) in [6.07, 6.45) is -3.14. The third-order valence-electron chi connectivity index (χ3n) is 3.07. The molecule has 0 unspecified atom stereocenters. The molecule has 5 nitrogen and oxygen atoms in total. The second-order valence-electron chi connectivity index (χ2n) is 4.57. The van der Waals surface area contributed by atoms with Crippen LogP contribution in [0.3, 0.4) is 0 Å². The zero-order valence-electron chi connectivity index (χ0n) is 11.1. The van der Waals surface area contributed by atoms with Gasteiger partial charge in [0.05, 0.1) is 23.3 Å². The number of anilines is 1. The van der Waals surface area contributed by atoms with Gasteiger partial charge in [-0.1, -0.05) is 0 Å². The van der Waals surface area contributed by atoms with Crippen molar-refractivity contribution in [2.24, 2.45) is 0 Å². The molecule has 8 heteroatoms. The Balaban J connectivity index is 1.83. The van der Waals surface area contributed by atoms with Gasteiger partial charge in [-0.25, -0.2) is 4.79 Å². The van der Waals surface area contributed by atoms with Gasteiger partial charge in [-0.3, -0.25) is 9.97 Å². The molecule has 3 aromatic rings. The van der Waals surface area contributed by atoms with Crippen LogP contribution in [0.1, 0.15) is 11.3 Å². The molecule has 0 saturated heterocycles. The summed E-state index contributed by atoms with van der Waals surface area (Å²) in [5.41, 5.74) is 0.510. The molecule has 0 aliphatic heterocycles.